The SMILES string of the molecule is Cc1ccc(NC(=O)C[C@H]2C(=O)Nc3ccccc3N2C(=O)c2ccco2)cc1. The molecule has 3 aromatic rings. The Balaban J connectivity index is 1.62. The van der Waals surface area contributed by atoms with Crippen molar-refractivity contribution in [3.8, 4) is 0 Å². The third kappa shape index (κ3) is 3.75. The molecule has 0 aliphatic carbocycles. The Morgan fingerprint density at radius 1 is 1.07 bits per heavy atom. The summed E-state index contributed by atoms with van der Waals surface area (Å²) >= 11 is 0. The standard InChI is InChI=1S/C22H19N3O4/c1-14-8-10-15(11-9-14)23-20(26)13-18-21(27)24-16-5-2-3-6-17(16)25(18)22(28)19-7-4-12-29-19/h2-12,18H,13H2,1H3,(H,23,26)(H,24,27)/t18-/m0/s1. The van der Waals surface area contributed by atoms with Crippen molar-refractivity contribution in [2.24, 2.45) is 0 Å². The van der Waals surface area contributed by atoms with Crippen LogP contribution in [0.15, 0.2) is 71.3 Å². The molecule has 7 nitrogen and oxygen atoms in total. The van der Waals surface area contributed by atoms with Crippen molar-refractivity contribution in [2.75, 3.05) is 15.5 Å². The van der Waals surface area contributed by atoms with Crippen LogP contribution in [-0.4, -0.2) is 23.8 Å². The van der Waals surface area contributed by atoms with E-state index in [1.807, 2.05) is 19.1 Å². The number of anilines is 3. The predicted molar refractivity (Wildman–Crippen MR) is 109 cm³/mol. The number of amides is 3. The molecule has 146 valence electrons. The number of hydrogen-bond acceptors (Lipinski definition) is 4. The first-order chi connectivity index (χ1) is 14.0. The first-order valence-corrected chi connectivity index (χ1v) is 9.16. The predicted octanol–water partition coefficient (Wildman–Crippen LogP) is 3.58. The van der Waals surface area contributed by atoms with Crippen LogP contribution >= 0.6 is 0 Å². The number of para-hydroxylation sites is 2. The minimum atomic E-state index is -1.01. The Morgan fingerprint density at radius 3 is 2.55 bits per heavy atom. The van der Waals surface area contributed by atoms with E-state index < -0.39 is 17.9 Å². The highest BCUT2D eigenvalue weighted by Crippen LogP contribution is 2.34. The molecule has 1 aliphatic heterocycles. The van der Waals surface area contributed by atoms with Crippen molar-refractivity contribution >= 4 is 34.8 Å². The van der Waals surface area contributed by atoms with Crippen LogP contribution in [0.3, 0.4) is 0 Å². The number of carbonyl (C=O) groups is 3. The average molecular weight is 389 g/mol. The average Bonchev–Trinajstić information content (AvgIpc) is 3.25. The van der Waals surface area contributed by atoms with Crippen molar-refractivity contribution in [3.63, 3.8) is 0 Å². The van der Waals surface area contributed by atoms with E-state index in [-0.39, 0.29) is 18.1 Å². The molecule has 0 fully saturated rings. The highest BCUT2D eigenvalue weighted by molar-refractivity contribution is 6.17. The third-order valence-corrected chi connectivity index (χ3v) is 4.70. The van der Waals surface area contributed by atoms with E-state index in [4.69, 9.17) is 4.42 Å². The van der Waals surface area contributed by atoms with E-state index in [1.54, 1.807) is 42.5 Å². The van der Waals surface area contributed by atoms with Crippen molar-refractivity contribution in [1.29, 1.82) is 0 Å². The van der Waals surface area contributed by atoms with Gasteiger partial charge in [0, 0.05) is 5.69 Å². The number of fused-ring (bicyclic) bond motifs is 1. The molecule has 2 N–H and O–H groups in total. The molecule has 1 atom stereocenters. The molecule has 1 aliphatic rings. The third-order valence-electron chi connectivity index (χ3n) is 4.70. The second-order valence-electron chi connectivity index (χ2n) is 6.79. The molecule has 2 aromatic carbocycles. The lowest BCUT2D eigenvalue weighted by molar-refractivity contribution is -0.122. The fourth-order valence-corrected chi connectivity index (χ4v) is 3.27. The van der Waals surface area contributed by atoms with Crippen LogP contribution in [0, 0.1) is 6.92 Å². The molecule has 7 heteroatoms. The first-order valence-electron chi connectivity index (χ1n) is 9.16. The van der Waals surface area contributed by atoms with E-state index in [2.05, 4.69) is 10.6 Å². The van der Waals surface area contributed by atoms with Gasteiger partial charge in [0.2, 0.25) is 11.8 Å². The van der Waals surface area contributed by atoms with Crippen molar-refractivity contribution in [1.82, 2.24) is 0 Å². The van der Waals surface area contributed by atoms with Gasteiger partial charge < -0.3 is 15.1 Å². The van der Waals surface area contributed by atoms with Crippen molar-refractivity contribution in [3.05, 3.63) is 78.3 Å². The molecular weight excluding hydrogens is 370 g/mol. The van der Waals surface area contributed by atoms with Gasteiger partial charge in [0.15, 0.2) is 5.76 Å². The summed E-state index contributed by atoms with van der Waals surface area (Å²) in [5.74, 6) is -1.18. The fourth-order valence-electron chi connectivity index (χ4n) is 3.27. The lowest BCUT2D eigenvalue weighted by Gasteiger charge is -2.35. The lowest BCUT2D eigenvalue weighted by Crippen LogP contribution is -2.52. The molecule has 1 aromatic heterocycles. The Hall–Kier alpha value is -3.87. The smallest absolute Gasteiger partial charge is 0.294 e. The van der Waals surface area contributed by atoms with Gasteiger partial charge in [-0.3, -0.25) is 19.3 Å². The van der Waals surface area contributed by atoms with Crippen LogP contribution in [0.5, 0.6) is 0 Å². The zero-order valence-electron chi connectivity index (χ0n) is 15.7. The van der Waals surface area contributed by atoms with Crippen molar-refractivity contribution in [2.45, 2.75) is 19.4 Å². The molecule has 0 saturated heterocycles. The van der Waals surface area contributed by atoms with Crippen LogP contribution in [0.1, 0.15) is 22.5 Å². The summed E-state index contributed by atoms with van der Waals surface area (Å²) in [4.78, 5) is 39.8. The topological polar surface area (TPSA) is 91.7 Å². The summed E-state index contributed by atoms with van der Waals surface area (Å²) in [5.41, 5.74) is 2.72. The Morgan fingerprint density at radius 2 is 1.83 bits per heavy atom. The van der Waals surface area contributed by atoms with E-state index in [1.165, 1.54) is 17.2 Å². The summed E-state index contributed by atoms with van der Waals surface area (Å²) in [6.45, 7) is 1.95. The number of nitrogens with zero attached hydrogens (tertiary/aromatic N) is 1. The summed E-state index contributed by atoms with van der Waals surface area (Å²) < 4.78 is 5.24. The summed E-state index contributed by atoms with van der Waals surface area (Å²) in [7, 11) is 0. The highest BCUT2D eigenvalue weighted by atomic mass is 16.3. The van der Waals surface area contributed by atoms with Crippen LogP contribution in [-0.2, 0) is 9.59 Å². The summed E-state index contributed by atoms with van der Waals surface area (Å²) in [5, 5.41) is 5.55. The van der Waals surface area contributed by atoms with Gasteiger partial charge in [-0.25, -0.2) is 0 Å². The van der Waals surface area contributed by atoms with Gasteiger partial charge >= 0.3 is 0 Å². The molecular formula is C22H19N3O4. The maximum atomic E-state index is 13.1. The molecule has 0 saturated carbocycles. The lowest BCUT2D eigenvalue weighted by atomic mass is 10.0. The molecule has 3 amide bonds. The number of aryl methyl sites for hydroxylation is 1. The van der Waals surface area contributed by atoms with E-state index in [0.717, 1.165) is 5.56 Å². The molecule has 4 rings (SSSR count). The van der Waals surface area contributed by atoms with Gasteiger partial charge in [0.1, 0.15) is 6.04 Å². The highest BCUT2D eigenvalue weighted by Gasteiger charge is 2.39. The second kappa shape index (κ2) is 7.63. The Bertz CT molecular complexity index is 1060. The number of hydrogen-bond donors (Lipinski definition) is 2. The fraction of sp³-hybridized carbons (Fsp3) is 0.136. The molecule has 0 bridgehead atoms. The minimum absolute atomic E-state index is 0.0958. The number of furan rings is 1. The number of benzene rings is 2. The van der Waals surface area contributed by atoms with Gasteiger partial charge in [0.25, 0.3) is 5.91 Å². The molecule has 2 heterocycles. The second-order valence-corrected chi connectivity index (χ2v) is 6.79. The van der Waals surface area contributed by atoms with Gasteiger partial charge in [-0.2, -0.15) is 0 Å². The van der Waals surface area contributed by atoms with Crippen LogP contribution in [0.4, 0.5) is 17.1 Å². The number of rotatable bonds is 4. The van der Waals surface area contributed by atoms with Gasteiger partial charge in [-0.15, -0.1) is 0 Å². The zero-order valence-corrected chi connectivity index (χ0v) is 15.7. The normalized spacial score (nSPS) is 15.4. The molecule has 0 spiro atoms. The minimum Gasteiger partial charge on any atom is -0.459 e. The van der Waals surface area contributed by atoms with E-state index >= 15 is 0 Å². The molecule has 0 radical (unpaired) electrons. The van der Waals surface area contributed by atoms with Gasteiger partial charge in [-0.1, -0.05) is 29.8 Å². The quantitative estimate of drug-likeness (QED) is 0.713. The Labute approximate surface area is 167 Å². The van der Waals surface area contributed by atoms with Crippen LogP contribution < -0.4 is 15.5 Å². The largest absolute Gasteiger partial charge is 0.459 e. The van der Waals surface area contributed by atoms with E-state index in [0.29, 0.717) is 17.1 Å². The summed E-state index contributed by atoms with van der Waals surface area (Å²) in [6, 6.07) is 16.4. The summed E-state index contributed by atoms with van der Waals surface area (Å²) in [6.07, 6.45) is 1.20. The maximum absolute atomic E-state index is 13.1. The van der Waals surface area contributed by atoms with Gasteiger partial charge in [0.05, 0.1) is 24.1 Å². The zero-order chi connectivity index (χ0) is 20.4. The number of nitrogens with one attached hydrogen (secondary N) is 2. The molecule has 0 unspecified atom stereocenters. The van der Waals surface area contributed by atoms with E-state index in [9.17, 15) is 14.4 Å². The van der Waals surface area contributed by atoms with Gasteiger partial charge in [-0.05, 0) is 43.3 Å². The number of carbonyl (C=O) groups excluding carboxylic acids is 3. The monoisotopic (exact) mass is 389 g/mol. The first kappa shape index (κ1) is 18.5. The van der Waals surface area contributed by atoms with Crippen LogP contribution in [0.2, 0.25) is 0 Å². The maximum Gasteiger partial charge on any atom is 0.294 e. The van der Waals surface area contributed by atoms with Crippen molar-refractivity contribution < 1.29 is 18.8 Å². The van der Waals surface area contributed by atoms with Crippen LogP contribution in [0.25, 0.3) is 0 Å². The molecule has 29 heavy (non-hydrogen) atoms. The Kier molecular flexibility index (Phi) is 4.87.